The normalized spacial score (nSPS) is 12.1. The lowest BCUT2D eigenvalue weighted by Crippen LogP contribution is -2.07. The van der Waals surface area contributed by atoms with Gasteiger partial charge in [-0.25, -0.2) is 0 Å². The first-order chi connectivity index (χ1) is 10.2. The van der Waals surface area contributed by atoms with Crippen molar-refractivity contribution >= 4 is 26.7 Å². The standard InChI is InChI=1S/C16H18BrNO2S/c17-14-6-3-7-15(11-14)21(19)10-4-9-20-16-8-2-1-5-13(16)12-18/h1-3,5-8,11H,4,9-10,12,18H2. The molecule has 0 aliphatic rings. The second-order valence-electron chi connectivity index (χ2n) is 4.52. The van der Waals surface area contributed by atoms with Gasteiger partial charge in [-0.15, -0.1) is 0 Å². The van der Waals surface area contributed by atoms with Gasteiger partial charge in [0.1, 0.15) is 5.75 Å². The van der Waals surface area contributed by atoms with Crippen LogP contribution in [0.5, 0.6) is 5.75 Å². The van der Waals surface area contributed by atoms with Gasteiger partial charge in [-0.05, 0) is 30.7 Å². The van der Waals surface area contributed by atoms with Gasteiger partial charge in [0.25, 0.3) is 0 Å². The molecule has 0 aliphatic heterocycles. The molecule has 1 unspecified atom stereocenters. The van der Waals surface area contributed by atoms with E-state index in [0.29, 0.717) is 18.9 Å². The van der Waals surface area contributed by atoms with Crippen LogP contribution in [0.4, 0.5) is 0 Å². The van der Waals surface area contributed by atoms with Crippen LogP contribution in [0.1, 0.15) is 12.0 Å². The zero-order chi connectivity index (χ0) is 15.1. The Kier molecular flexibility index (Phi) is 6.42. The molecule has 0 fully saturated rings. The number of nitrogens with two attached hydrogens (primary N) is 1. The first-order valence-corrected chi connectivity index (χ1v) is 8.86. The van der Waals surface area contributed by atoms with Gasteiger partial charge in [-0.3, -0.25) is 4.21 Å². The summed E-state index contributed by atoms with van der Waals surface area (Å²) in [6.45, 7) is 0.997. The number of para-hydroxylation sites is 1. The highest BCUT2D eigenvalue weighted by Crippen LogP contribution is 2.18. The van der Waals surface area contributed by atoms with Crippen LogP contribution in [0.3, 0.4) is 0 Å². The Morgan fingerprint density at radius 1 is 1.14 bits per heavy atom. The molecule has 0 amide bonds. The molecule has 5 heteroatoms. The van der Waals surface area contributed by atoms with E-state index >= 15 is 0 Å². The lowest BCUT2D eigenvalue weighted by molar-refractivity contribution is 0.315. The van der Waals surface area contributed by atoms with E-state index < -0.39 is 10.8 Å². The smallest absolute Gasteiger partial charge is 0.123 e. The van der Waals surface area contributed by atoms with Gasteiger partial charge in [0.05, 0.1) is 17.4 Å². The quantitative estimate of drug-likeness (QED) is 0.762. The molecular weight excluding hydrogens is 350 g/mol. The Balaban J connectivity index is 1.81. The summed E-state index contributed by atoms with van der Waals surface area (Å²) in [5.41, 5.74) is 6.65. The third-order valence-electron chi connectivity index (χ3n) is 2.98. The molecular formula is C16H18BrNO2S. The molecule has 21 heavy (non-hydrogen) atoms. The number of hydrogen-bond donors (Lipinski definition) is 1. The summed E-state index contributed by atoms with van der Waals surface area (Å²) in [6.07, 6.45) is 0.734. The first kappa shape index (κ1) is 16.2. The van der Waals surface area contributed by atoms with Crippen molar-refractivity contribution in [3.05, 3.63) is 58.6 Å². The zero-order valence-corrected chi connectivity index (χ0v) is 14.0. The van der Waals surface area contributed by atoms with Gasteiger partial charge in [0.15, 0.2) is 0 Å². The summed E-state index contributed by atoms with van der Waals surface area (Å²) in [7, 11) is -0.993. The maximum absolute atomic E-state index is 12.1. The van der Waals surface area contributed by atoms with E-state index in [1.165, 1.54) is 0 Å². The fraction of sp³-hybridized carbons (Fsp3) is 0.250. The highest BCUT2D eigenvalue weighted by molar-refractivity contribution is 9.10. The van der Waals surface area contributed by atoms with Crippen molar-refractivity contribution in [2.45, 2.75) is 17.9 Å². The molecule has 0 aromatic heterocycles. The van der Waals surface area contributed by atoms with Crippen LogP contribution in [-0.4, -0.2) is 16.6 Å². The summed E-state index contributed by atoms with van der Waals surface area (Å²) in [5.74, 6) is 1.40. The number of benzene rings is 2. The van der Waals surface area contributed by atoms with Crippen LogP contribution in [0.2, 0.25) is 0 Å². The largest absolute Gasteiger partial charge is 0.493 e. The topological polar surface area (TPSA) is 52.3 Å². The van der Waals surface area contributed by atoms with Gasteiger partial charge in [-0.1, -0.05) is 40.2 Å². The zero-order valence-electron chi connectivity index (χ0n) is 11.6. The molecule has 2 aromatic rings. The lowest BCUT2D eigenvalue weighted by atomic mass is 10.2. The number of hydrogen-bond acceptors (Lipinski definition) is 3. The van der Waals surface area contributed by atoms with Crippen molar-refractivity contribution in [2.75, 3.05) is 12.4 Å². The number of rotatable bonds is 7. The Hall–Kier alpha value is -1.17. The molecule has 0 saturated heterocycles. The Morgan fingerprint density at radius 3 is 2.71 bits per heavy atom. The average molecular weight is 368 g/mol. The minimum Gasteiger partial charge on any atom is -0.493 e. The molecule has 0 aliphatic carbocycles. The van der Waals surface area contributed by atoms with Crippen molar-refractivity contribution in [3.63, 3.8) is 0 Å². The van der Waals surface area contributed by atoms with E-state index in [4.69, 9.17) is 10.5 Å². The maximum atomic E-state index is 12.1. The summed E-state index contributed by atoms with van der Waals surface area (Å²) < 4.78 is 18.8. The van der Waals surface area contributed by atoms with Gasteiger partial charge in [-0.2, -0.15) is 0 Å². The first-order valence-electron chi connectivity index (χ1n) is 6.75. The molecule has 0 bridgehead atoms. The summed E-state index contributed by atoms with van der Waals surface area (Å²) >= 11 is 3.39. The minimum absolute atomic E-state index is 0.458. The molecule has 3 nitrogen and oxygen atoms in total. The molecule has 0 saturated carbocycles. The Bertz CT molecular complexity index is 619. The van der Waals surface area contributed by atoms with Gasteiger partial charge >= 0.3 is 0 Å². The monoisotopic (exact) mass is 367 g/mol. The second-order valence-corrected chi connectivity index (χ2v) is 7.01. The van der Waals surface area contributed by atoms with Gasteiger partial charge < -0.3 is 10.5 Å². The molecule has 2 rings (SSSR count). The van der Waals surface area contributed by atoms with Crippen molar-refractivity contribution < 1.29 is 8.95 Å². The molecule has 0 heterocycles. The Labute approximate surface area is 136 Å². The van der Waals surface area contributed by atoms with Crippen molar-refractivity contribution in [3.8, 4) is 5.75 Å². The van der Waals surface area contributed by atoms with E-state index in [2.05, 4.69) is 15.9 Å². The van der Waals surface area contributed by atoms with Crippen LogP contribution >= 0.6 is 15.9 Å². The molecule has 2 aromatic carbocycles. The highest BCUT2D eigenvalue weighted by Gasteiger charge is 2.05. The van der Waals surface area contributed by atoms with Crippen LogP contribution < -0.4 is 10.5 Å². The molecule has 1 atom stereocenters. The van der Waals surface area contributed by atoms with Crippen molar-refractivity contribution in [1.82, 2.24) is 0 Å². The average Bonchev–Trinajstić information content (AvgIpc) is 2.51. The highest BCUT2D eigenvalue weighted by atomic mass is 79.9. The van der Waals surface area contributed by atoms with Crippen LogP contribution in [0.25, 0.3) is 0 Å². The molecule has 112 valence electrons. The molecule has 0 spiro atoms. The van der Waals surface area contributed by atoms with Gasteiger partial charge in [0.2, 0.25) is 0 Å². The lowest BCUT2D eigenvalue weighted by Gasteiger charge is -2.10. The maximum Gasteiger partial charge on any atom is 0.123 e. The molecule has 0 radical (unpaired) electrons. The van der Waals surface area contributed by atoms with E-state index in [1.807, 2.05) is 48.5 Å². The summed E-state index contributed by atoms with van der Waals surface area (Å²) in [4.78, 5) is 0.840. The van der Waals surface area contributed by atoms with Crippen LogP contribution in [-0.2, 0) is 17.3 Å². The number of halogens is 1. The minimum atomic E-state index is -0.993. The van der Waals surface area contributed by atoms with E-state index in [0.717, 1.165) is 27.1 Å². The fourth-order valence-electron chi connectivity index (χ4n) is 1.91. The Morgan fingerprint density at radius 2 is 1.95 bits per heavy atom. The summed E-state index contributed by atoms with van der Waals surface area (Å²) in [5, 5.41) is 0. The third-order valence-corrected chi connectivity index (χ3v) is 4.92. The molecule has 2 N–H and O–H groups in total. The van der Waals surface area contributed by atoms with E-state index in [1.54, 1.807) is 0 Å². The predicted molar refractivity (Wildman–Crippen MR) is 89.9 cm³/mol. The predicted octanol–water partition coefficient (Wildman–Crippen LogP) is 3.48. The van der Waals surface area contributed by atoms with Crippen LogP contribution in [0.15, 0.2) is 57.9 Å². The summed E-state index contributed by atoms with van der Waals surface area (Å²) in [6, 6.07) is 15.3. The fourth-order valence-corrected chi connectivity index (χ4v) is 3.57. The second kappa shape index (κ2) is 8.32. The third kappa shape index (κ3) is 4.95. The van der Waals surface area contributed by atoms with E-state index in [9.17, 15) is 4.21 Å². The van der Waals surface area contributed by atoms with Crippen molar-refractivity contribution in [2.24, 2.45) is 5.73 Å². The van der Waals surface area contributed by atoms with Crippen molar-refractivity contribution in [1.29, 1.82) is 0 Å². The SMILES string of the molecule is NCc1ccccc1OCCCS(=O)c1cccc(Br)c1. The van der Waals surface area contributed by atoms with Gasteiger partial charge in [0, 0.05) is 27.2 Å². The van der Waals surface area contributed by atoms with E-state index in [-0.39, 0.29) is 0 Å². The van der Waals surface area contributed by atoms with Crippen LogP contribution in [0, 0.1) is 0 Å². The number of ether oxygens (including phenoxy) is 1.